The number of aromatic nitrogens is 2. The SMILES string of the molecule is CCNC1c2ccccc2CC1n1cccn1. The zero-order valence-corrected chi connectivity index (χ0v) is 10.0. The van der Waals surface area contributed by atoms with Crippen molar-refractivity contribution >= 4 is 0 Å². The van der Waals surface area contributed by atoms with Gasteiger partial charge < -0.3 is 5.32 Å². The Bertz CT molecular complexity index is 490. The van der Waals surface area contributed by atoms with E-state index in [0.717, 1.165) is 13.0 Å². The second-order valence-corrected chi connectivity index (χ2v) is 4.49. The van der Waals surface area contributed by atoms with E-state index in [2.05, 4.69) is 52.5 Å². The van der Waals surface area contributed by atoms with Crippen LogP contribution < -0.4 is 5.32 Å². The summed E-state index contributed by atoms with van der Waals surface area (Å²) in [5, 5.41) is 7.97. The predicted octanol–water partition coefficient (Wildman–Crippen LogP) is 2.33. The first-order valence-electron chi connectivity index (χ1n) is 6.20. The molecule has 0 aliphatic heterocycles. The van der Waals surface area contributed by atoms with Crippen LogP contribution >= 0.6 is 0 Å². The van der Waals surface area contributed by atoms with Gasteiger partial charge in [0.25, 0.3) is 0 Å². The van der Waals surface area contributed by atoms with Crippen molar-refractivity contribution in [3.8, 4) is 0 Å². The van der Waals surface area contributed by atoms with Crippen LogP contribution in [0.1, 0.15) is 30.1 Å². The van der Waals surface area contributed by atoms with Crippen molar-refractivity contribution in [1.82, 2.24) is 15.1 Å². The minimum atomic E-state index is 0.385. The normalized spacial score (nSPS) is 22.6. The summed E-state index contributed by atoms with van der Waals surface area (Å²) in [6, 6.07) is 11.5. The minimum Gasteiger partial charge on any atom is -0.308 e. The molecule has 1 aromatic heterocycles. The highest BCUT2D eigenvalue weighted by Crippen LogP contribution is 2.38. The zero-order valence-electron chi connectivity index (χ0n) is 10.0. The molecule has 0 fully saturated rings. The first-order valence-corrected chi connectivity index (χ1v) is 6.20. The lowest BCUT2D eigenvalue weighted by molar-refractivity contribution is 0.360. The molecule has 0 saturated heterocycles. The van der Waals surface area contributed by atoms with E-state index in [1.165, 1.54) is 11.1 Å². The van der Waals surface area contributed by atoms with Gasteiger partial charge in [-0.2, -0.15) is 5.10 Å². The summed E-state index contributed by atoms with van der Waals surface area (Å²) in [5.41, 5.74) is 2.87. The number of fused-ring (bicyclic) bond motifs is 1. The lowest BCUT2D eigenvalue weighted by Gasteiger charge is -2.21. The van der Waals surface area contributed by atoms with E-state index in [0.29, 0.717) is 12.1 Å². The third-order valence-corrected chi connectivity index (χ3v) is 3.49. The van der Waals surface area contributed by atoms with Crippen LogP contribution in [0.2, 0.25) is 0 Å². The fraction of sp³-hybridized carbons (Fsp3) is 0.357. The lowest BCUT2D eigenvalue weighted by atomic mass is 10.1. The second kappa shape index (κ2) is 4.34. The number of nitrogens with one attached hydrogen (secondary N) is 1. The minimum absolute atomic E-state index is 0.385. The molecule has 2 aromatic rings. The first-order chi connectivity index (χ1) is 8.40. The van der Waals surface area contributed by atoms with Gasteiger partial charge in [0, 0.05) is 12.4 Å². The van der Waals surface area contributed by atoms with E-state index >= 15 is 0 Å². The summed E-state index contributed by atoms with van der Waals surface area (Å²) < 4.78 is 2.08. The molecule has 0 bridgehead atoms. The second-order valence-electron chi connectivity index (χ2n) is 4.49. The van der Waals surface area contributed by atoms with Crippen LogP contribution in [-0.2, 0) is 6.42 Å². The fourth-order valence-corrected chi connectivity index (χ4v) is 2.76. The first kappa shape index (κ1) is 10.5. The molecule has 17 heavy (non-hydrogen) atoms. The molecule has 1 aliphatic rings. The molecule has 1 aliphatic carbocycles. The van der Waals surface area contributed by atoms with E-state index in [1.807, 2.05) is 12.3 Å². The molecule has 0 amide bonds. The Labute approximate surface area is 101 Å². The van der Waals surface area contributed by atoms with Crippen LogP contribution in [0.15, 0.2) is 42.7 Å². The number of benzene rings is 1. The maximum atomic E-state index is 4.39. The van der Waals surface area contributed by atoms with Crippen molar-refractivity contribution in [3.63, 3.8) is 0 Å². The number of nitrogens with zero attached hydrogens (tertiary/aromatic N) is 2. The molecular formula is C14H17N3. The van der Waals surface area contributed by atoms with Crippen LogP contribution in [0.3, 0.4) is 0 Å². The van der Waals surface area contributed by atoms with Gasteiger partial charge in [0.15, 0.2) is 0 Å². The summed E-state index contributed by atoms with van der Waals surface area (Å²) in [6.07, 6.45) is 4.97. The van der Waals surface area contributed by atoms with Crippen molar-refractivity contribution in [2.45, 2.75) is 25.4 Å². The van der Waals surface area contributed by atoms with E-state index in [1.54, 1.807) is 0 Å². The van der Waals surface area contributed by atoms with Gasteiger partial charge in [0.2, 0.25) is 0 Å². The van der Waals surface area contributed by atoms with Gasteiger partial charge in [-0.05, 0) is 30.2 Å². The summed E-state index contributed by atoms with van der Waals surface area (Å²) in [5.74, 6) is 0. The van der Waals surface area contributed by atoms with Crippen molar-refractivity contribution in [3.05, 3.63) is 53.9 Å². The summed E-state index contributed by atoms with van der Waals surface area (Å²) in [4.78, 5) is 0. The third-order valence-electron chi connectivity index (χ3n) is 3.49. The molecule has 0 saturated carbocycles. The fourth-order valence-electron chi connectivity index (χ4n) is 2.76. The lowest BCUT2D eigenvalue weighted by Crippen LogP contribution is -2.27. The van der Waals surface area contributed by atoms with Gasteiger partial charge in [0.05, 0.1) is 12.1 Å². The van der Waals surface area contributed by atoms with E-state index in [-0.39, 0.29) is 0 Å². The Balaban J connectivity index is 1.98. The van der Waals surface area contributed by atoms with Gasteiger partial charge >= 0.3 is 0 Å². The van der Waals surface area contributed by atoms with Gasteiger partial charge in [-0.15, -0.1) is 0 Å². The van der Waals surface area contributed by atoms with Crippen LogP contribution in [0.5, 0.6) is 0 Å². The standard InChI is InChI=1S/C14H17N3/c1-2-15-14-12-7-4-3-6-11(12)10-13(14)17-9-5-8-16-17/h3-9,13-15H,2,10H2,1H3. The highest BCUT2D eigenvalue weighted by molar-refractivity contribution is 5.36. The molecule has 3 nitrogen and oxygen atoms in total. The maximum absolute atomic E-state index is 4.39. The molecule has 3 rings (SSSR count). The quantitative estimate of drug-likeness (QED) is 0.872. The van der Waals surface area contributed by atoms with E-state index < -0.39 is 0 Å². The maximum Gasteiger partial charge on any atom is 0.0754 e. The molecule has 2 unspecified atom stereocenters. The Morgan fingerprint density at radius 3 is 3.00 bits per heavy atom. The molecule has 88 valence electrons. The van der Waals surface area contributed by atoms with Crippen LogP contribution in [0.25, 0.3) is 0 Å². The average Bonchev–Trinajstić information content (AvgIpc) is 2.97. The van der Waals surface area contributed by atoms with Gasteiger partial charge in [-0.3, -0.25) is 4.68 Å². The third kappa shape index (κ3) is 1.76. The Morgan fingerprint density at radius 2 is 2.24 bits per heavy atom. The van der Waals surface area contributed by atoms with Gasteiger partial charge in [-0.25, -0.2) is 0 Å². The highest BCUT2D eigenvalue weighted by Gasteiger charge is 2.32. The average molecular weight is 227 g/mol. The summed E-state index contributed by atoms with van der Waals surface area (Å²) in [6.45, 7) is 3.14. The monoisotopic (exact) mass is 227 g/mol. The van der Waals surface area contributed by atoms with Crippen molar-refractivity contribution < 1.29 is 0 Å². The topological polar surface area (TPSA) is 29.9 Å². The zero-order chi connectivity index (χ0) is 11.7. The van der Waals surface area contributed by atoms with Crippen LogP contribution in [0.4, 0.5) is 0 Å². The smallest absolute Gasteiger partial charge is 0.0754 e. The molecule has 0 spiro atoms. The van der Waals surface area contributed by atoms with Crippen LogP contribution in [-0.4, -0.2) is 16.3 Å². The van der Waals surface area contributed by atoms with E-state index in [4.69, 9.17) is 0 Å². The molecule has 2 atom stereocenters. The molecule has 1 heterocycles. The van der Waals surface area contributed by atoms with Crippen molar-refractivity contribution in [1.29, 1.82) is 0 Å². The van der Waals surface area contributed by atoms with E-state index in [9.17, 15) is 0 Å². The van der Waals surface area contributed by atoms with Gasteiger partial charge in [0.1, 0.15) is 0 Å². The highest BCUT2D eigenvalue weighted by atomic mass is 15.3. The Kier molecular flexibility index (Phi) is 2.69. The van der Waals surface area contributed by atoms with Crippen molar-refractivity contribution in [2.24, 2.45) is 0 Å². The number of hydrogen-bond donors (Lipinski definition) is 1. The molecule has 1 aromatic carbocycles. The van der Waals surface area contributed by atoms with Crippen molar-refractivity contribution in [2.75, 3.05) is 6.54 Å². The largest absolute Gasteiger partial charge is 0.308 e. The Morgan fingerprint density at radius 1 is 1.35 bits per heavy atom. The number of rotatable bonds is 3. The molecule has 3 heteroatoms. The molecule has 0 radical (unpaired) electrons. The Hall–Kier alpha value is -1.61. The summed E-state index contributed by atoms with van der Waals surface area (Å²) in [7, 11) is 0. The van der Waals surface area contributed by atoms with Crippen LogP contribution in [0, 0.1) is 0 Å². The molecular weight excluding hydrogens is 210 g/mol. The summed E-state index contributed by atoms with van der Waals surface area (Å²) >= 11 is 0. The predicted molar refractivity (Wildman–Crippen MR) is 67.8 cm³/mol. The molecule has 1 N–H and O–H groups in total. The number of likely N-dealkylation sites (N-methyl/N-ethyl adjacent to an activating group) is 1. The van der Waals surface area contributed by atoms with Gasteiger partial charge in [-0.1, -0.05) is 31.2 Å². The number of hydrogen-bond acceptors (Lipinski definition) is 2.